The molecule has 1 unspecified atom stereocenters. The topological polar surface area (TPSA) is 66.9 Å². The third-order valence-electron chi connectivity index (χ3n) is 5.02. The molecule has 0 bridgehead atoms. The molecular formula is C21H30N2O4. The Labute approximate surface area is 161 Å². The molecule has 6 heteroatoms. The van der Waals surface area contributed by atoms with Crippen LogP contribution in [0.4, 0.5) is 5.69 Å². The highest BCUT2D eigenvalue weighted by Gasteiger charge is 2.39. The summed E-state index contributed by atoms with van der Waals surface area (Å²) in [6.45, 7) is 9.39. The lowest BCUT2D eigenvalue weighted by molar-refractivity contribution is -0.143. The van der Waals surface area contributed by atoms with Crippen LogP contribution in [0.3, 0.4) is 0 Å². The van der Waals surface area contributed by atoms with Crippen molar-refractivity contribution >= 4 is 23.5 Å². The number of hydrogen-bond donors (Lipinski definition) is 0. The normalized spacial score (nSPS) is 16.7. The van der Waals surface area contributed by atoms with Crippen LogP contribution in [0.15, 0.2) is 18.2 Å². The summed E-state index contributed by atoms with van der Waals surface area (Å²) in [6, 6.07) is 5.91. The van der Waals surface area contributed by atoms with E-state index in [2.05, 4.69) is 4.74 Å². The molecule has 0 saturated carbocycles. The van der Waals surface area contributed by atoms with Gasteiger partial charge in [-0.1, -0.05) is 19.9 Å². The number of anilines is 1. The van der Waals surface area contributed by atoms with Gasteiger partial charge in [0.1, 0.15) is 5.92 Å². The molecule has 27 heavy (non-hydrogen) atoms. The minimum Gasteiger partial charge on any atom is -0.469 e. The Balaban J connectivity index is 2.12. The van der Waals surface area contributed by atoms with Gasteiger partial charge in [0.25, 0.3) is 0 Å². The minimum absolute atomic E-state index is 0.136. The fourth-order valence-electron chi connectivity index (χ4n) is 3.34. The molecule has 1 aliphatic rings. The zero-order valence-corrected chi connectivity index (χ0v) is 16.9. The van der Waals surface area contributed by atoms with Gasteiger partial charge in [0.05, 0.1) is 13.5 Å². The number of methoxy groups -OCH3 is 1. The number of carbonyl (C=O) groups excluding carboxylic acids is 3. The minimum atomic E-state index is -0.678. The summed E-state index contributed by atoms with van der Waals surface area (Å²) in [4.78, 5) is 40.7. The molecule has 0 N–H and O–H groups in total. The van der Waals surface area contributed by atoms with E-state index in [1.807, 2.05) is 45.9 Å². The Kier molecular flexibility index (Phi) is 6.99. The van der Waals surface area contributed by atoms with E-state index in [4.69, 9.17) is 0 Å². The third-order valence-corrected chi connectivity index (χ3v) is 5.02. The number of ether oxygens (including phenoxy) is 1. The number of rotatable bonds is 7. The summed E-state index contributed by atoms with van der Waals surface area (Å²) in [6.07, 6.45) is 0.633. The van der Waals surface area contributed by atoms with E-state index < -0.39 is 5.92 Å². The lowest BCUT2D eigenvalue weighted by Crippen LogP contribution is -2.42. The Bertz CT molecular complexity index is 714. The van der Waals surface area contributed by atoms with E-state index >= 15 is 0 Å². The Hall–Kier alpha value is -2.37. The summed E-state index contributed by atoms with van der Waals surface area (Å²) in [5.74, 6) is -1.13. The van der Waals surface area contributed by atoms with Gasteiger partial charge < -0.3 is 14.5 Å². The highest BCUT2D eigenvalue weighted by Crippen LogP contribution is 2.28. The Morgan fingerprint density at radius 1 is 1.26 bits per heavy atom. The monoisotopic (exact) mass is 374 g/mol. The van der Waals surface area contributed by atoms with Crippen LogP contribution in [0.1, 0.15) is 37.8 Å². The molecule has 0 aromatic heterocycles. The second kappa shape index (κ2) is 9.02. The summed E-state index contributed by atoms with van der Waals surface area (Å²) >= 11 is 0. The van der Waals surface area contributed by atoms with Crippen LogP contribution in [-0.4, -0.2) is 49.4 Å². The predicted molar refractivity (Wildman–Crippen MR) is 104 cm³/mol. The van der Waals surface area contributed by atoms with Crippen molar-refractivity contribution in [3.8, 4) is 0 Å². The van der Waals surface area contributed by atoms with E-state index in [1.54, 1.807) is 9.80 Å². The van der Waals surface area contributed by atoms with Gasteiger partial charge in [0.2, 0.25) is 11.8 Å². The lowest BCUT2D eigenvalue weighted by Gasteiger charge is -2.26. The molecule has 148 valence electrons. The van der Waals surface area contributed by atoms with Crippen LogP contribution < -0.4 is 4.90 Å². The van der Waals surface area contributed by atoms with Gasteiger partial charge in [-0.3, -0.25) is 14.4 Å². The van der Waals surface area contributed by atoms with Crippen LogP contribution in [-0.2, 0) is 19.1 Å². The molecule has 0 spiro atoms. The fourth-order valence-corrected chi connectivity index (χ4v) is 3.34. The SMILES string of the molecule is COC(=O)CCN(CC(C)C)C(=O)C1CCN(c2ccc(C)c(C)c2)C1=O. The van der Waals surface area contributed by atoms with Gasteiger partial charge in [-0.25, -0.2) is 0 Å². The van der Waals surface area contributed by atoms with Gasteiger partial charge in [0.15, 0.2) is 0 Å². The van der Waals surface area contributed by atoms with Crippen LogP contribution in [0, 0.1) is 25.7 Å². The molecule has 1 atom stereocenters. The second-order valence-electron chi connectivity index (χ2n) is 7.60. The van der Waals surface area contributed by atoms with E-state index in [-0.39, 0.29) is 36.7 Å². The number of hydrogen-bond acceptors (Lipinski definition) is 4. The molecule has 0 radical (unpaired) electrons. The maximum Gasteiger partial charge on any atom is 0.307 e. The molecular weight excluding hydrogens is 344 g/mol. The summed E-state index contributed by atoms with van der Waals surface area (Å²) in [7, 11) is 1.33. The van der Waals surface area contributed by atoms with Gasteiger partial charge in [-0.15, -0.1) is 0 Å². The van der Waals surface area contributed by atoms with Crippen LogP contribution in [0.25, 0.3) is 0 Å². The van der Waals surface area contributed by atoms with Crippen molar-refractivity contribution in [3.05, 3.63) is 29.3 Å². The first-order valence-corrected chi connectivity index (χ1v) is 9.48. The van der Waals surface area contributed by atoms with Crippen molar-refractivity contribution in [2.24, 2.45) is 11.8 Å². The van der Waals surface area contributed by atoms with Crippen molar-refractivity contribution in [2.45, 2.75) is 40.5 Å². The molecule has 2 rings (SSSR count). The number of nitrogens with zero attached hydrogens (tertiary/aromatic N) is 2. The predicted octanol–water partition coefficient (Wildman–Crippen LogP) is 2.70. The summed E-state index contributed by atoms with van der Waals surface area (Å²) in [5, 5.41) is 0. The van der Waals surface area contributed by atoms with Crippen LogP contribution in [0.5, 0.6) is 0 Å². The largest absolute Gasteiger partial charge is 0.469 e. The second-order valence-corrected chi connectivity index (χ2v) is 7.60. The number of carbonyl (C=O) groups is 3. The molecule has 6 nitrogen and oxygen atoms in total. The molecule has 1 aromatic carbocycles. The van der Waals surface area contributed by atoms with Gasteiger partial charge in [0, 0.05) is 25.3 Å². The van der Waals surface area contributed by atoms with Gasteiger partial charge >= 0.3 is 5.97 Å². The standard InChI is InChI=1S/C21H30N2O4/c1-14(2)13-22(10-9-19(24)27-5)20(25)18-8-11-23(21(18)26)17-7-6-15(3)16(4)12-17/h6-7,12,14,18H,8-11,13H2,1-5H3. The van der Waals surface area contributed by atoms with E-state index in [0.29, 0.717) is 19.5 Å². The number of amides is 2. The third kappa shape index (κ3) is 5.08. The molecule has 1 aromatic rings. The first kappa shape index (κ1) is 20.9. The lowest BCUT2D eigenvalue weighted by atomic mass is 10.0. The number of esters is 1. The maximum atomic E-state index is 13.0. The molecule has 1 fully saturated rings. The Morgan fingerprint density at radius 2 is 1.96 bits per heavy atom. The number of aryl methyl sites for hydroxylation is 2. The Morgan fingerprint density at radius 3 is 2.56 bits per heavy atom. The quantitative estimate of drug-likeness (QED) is 0.544. The zero-order valence-electron chi connectivity index (χ0n) is 16.9. The highest BCUT2D eigenvalue weighted by atomic mass is 16.5. The van der Waals surface area contributed by atoms with E-state index in [9.17, 15) is 14.4 Å². The van der Waals surface area contributed by atoms with Gasteiger partial charge in [-0.2, -0.15) is 0 Å². The van der Waals surface area contributed by atoms with Crippen molar-refractivity contribution in [2.75, 3.05) is 31.6 Å². The first-order valence-electron chi connectivity index (χ1n) is 9.48. The maximum absolute atomic E-state index is 13.0. The fraction of sp³-hybridized carbons (Fsp3) is 0.571. The smallest absolute Gasteiger partial charge is 0.307 e. The first-order chi connectivity index (χ1) is 12.7. The van der Waals surface area contributed by atoms with Crippen LogP contribution >= 0.6 is 0 Å². The van der Waals surface area contributed by atoms with Crippen LogP contribution in [0.2, 0.25) is 0 Å². The van der Waals surface area contributed by atoms with Gasteiger partial charge in [-0.05, 0) is 49.4 Å². The van der Waals surface area contributed by atoms with Crippen molar-refractivity contribution in [1.82, 2.24) is 4.90 Å². The zero-order chi connectivity index (χ0) is 20.1. The average molecular weight is 374 g/mol. The van der Waals surface area contributed by atoms with Crippen molar-refractivity contribution in [3.63, 3.8) is 0 Å². The number of benzene rings is 1. The molecule has 2 amide bonds. The van der Waals surface area contributed by atoms with E-state index in [1.165, 1.54) is 12.7 Å². The van der Waals surface area contributed by atoms with Crippen molar-refractivity contribution in [1.29, 1.82) is 0 Å². The average Bonchev–Trinajstić information content (AvgIpc) is 3.01. The molecule has 1 aliphatic heterocycles. The summed E-state index contributed by atoms with van der Waals surface area (Å²) < 4.78 is 4.68. The van der Waals surface area contributed by atoms with E-state index in [0.717, 1.165) is 11.3 Å². The summed E-state index contributed by atoms with van der Waals surface area (Å²) in [5.41, 5.74) is 3.13. The molecule has 1 saturated heterocycles. The molecule has 1 heterocycles. The molecule has 0 aliphatic carbocycles. The van der Waals surface area contributed by atoms with Crippen molar-refractivity contribution < 1.29 is 19.1 Å². The highest BCUT2D eigenvalue weighted by molar-refractivity contribution is 6.09.